The molecule has 1 spiro atoms. The Hall–Kier alpha value is -2.47. The second kappa shape index (κ2) is 6.36. The van der Waals surface area contributed by atoms with Crippen LogP contribution in [0.2, 0.25) is 0 Å². The average molecular weight is 348 g/mol. The van der Waals surface area contributed by atoms with E-state index in [9.17, 15) is 0 Å². The molecule has 2 N–H and O–H groups in total. The lowest BCUT2D eigenvalue weighted by Gasteiger charge is -2.47. The van der Waals surface area contributed by atoms with Crippen molar-refractivity contribution in [2.45, 2.75) is 37.1 Å². The lowest BCUT2D eigenvalue weighted by Crippen LogP contribution is -2.56. The molecule has 134 valence electrons. The van der Waals surface area contributed by atoms with Gasteiger partial charge in [-0.1, -0.05) is 30.3 Å². The summed E-state index contributed by atoms with van der Waals surface area (Å²) in [6.45, 7) is 3.14. The van der Waals surface area contributed by atoms with Crippen LogP contribution in [-0.4, -0.2) is 45.1 Å². The van der Waals surface area contributed by atoms with E-state index in [0.29, 0.717) is 5.92 Å². The molecule has 4 heterocycles. The van der Waals surface area contributed by atoms with Gasteiger partial charge in [-0.15, -0.1) is 0 Å². The molecule has 2 aliphatic rings. The van der Waals surface area contributed by atoms with E-state index >= 15 is 0 Å². The van der Waals surface area contributed by atoms with Crippen molar-refractivity contribution in [2.24, 2.45) is 0 Å². The number of nitrogens with one attached hydrogen (secondary N) is 2. The molecule has 1 atom stereocenters. The quantitative estimate of drug-likeness (QED) is 0.745. The Bertz CT molecular complexity index is 881. The van der Waals surface area contributed by atoms with Crippen LogP contribution in [-0.2, 0) is 0 Å². The van der Waals surface area contributed by atoms with Crippen molar-refractivity contribution in [1.82, 2.24) is 25.3 Å². The first-order valence-corrected chi connectivity index (χ1v) is 9.52. The van der Waals surface area contributed by atoms with Crippen molar-refractivity contribution >= 4 is 17.0 Å². The third-order valence-corrected chi connectivity index (χ3v) is 6.12. The maximum atomic E-state index is 4.52. The number of aromatic nitrogens is 4. The maximum Gasteiger partial charge on any atom is 0.182 e. The van der Waals surface area contributed by atoms with Crippen molar-refractivity contribution in [2.75, 3.05) is 24.5 Å². The summed E-state index contributed by atoms with van der Waals surface area (Å²) in [5, 5.41) is 3.86. The van der Waals surface area contributed by atoms with E-state index in [0.717, 1.165) is 49.5 Å². The molecule has 0 amide bonds. The van der Waals surface area contributed by atoms with E-state index in [1.54, 1.807) is 12.7 Å². The molecule has 0 radical (unpaired) electrons. The molecule has 6 nitrogen and oxygen atoms in total. The Kier molecular flexibility index (Phi) is 3.85. The minimum Gasteiger partial charge on any atom is -0.355 e. The number of aromatic amines is 1. The molecule has 2 saturated heterocycles. The third-order valence-electron chi connectivity index (χ3n) is 6.12. The van der Waals surface area contributed by atoms with Gasteiger partial charge in [-0.05, 0) is 43.7 Å². The van der Waals surface area contributed by atoms with Crippen LogP contribution in [0.15, 0.2) is 43.0 Å². The minimum atomic E-state index is 0.259. The lowest BCUT2D eigenvalue weighted by atomic mass is 9.74. The Morgan fingerprint density at radius 1 is 1.04 bits per heavy atom. The van der Waals surface area contributed by atoms with Gasteiger partial charge >= 0.3 is 0 Å². The van der Waals surface area contributed by atoms with Crippen LogP contribution < -0.4 is 10.2 Å². The smallest absolute Gasteiger partial charge is 0.182 e. The Labute approximate surface area is 153 Å². The van der Waals surface area contributed by atoms with E-state index in [2.05, 4.69) is 60.5 Å². The van der Waals surface area contributed by atoms with Crippen molar-refractivity contribution in [3.8, 4) is 0 Å². The van der Waals surface area contributed by atoms with E-state index in [4.69, 9.17) is 0 Å². The molecular weight excluding hydrogens is 324 g/mol. The number of rotatable bonds is 2. The molecule has 0 aliphatic carbocycles. The van der Waals surface area contributed by atoms with Crippen LogP contribution in [0.1, 0.15) is 37.2 Å². The summed E-state index contributed by atoms with van der Waals surface area (Å²) < 4.78 is 0. The van der Waals surface area contributed by atoms with Gasteiger partial charge in [0.05, 0.1) is 6.33 Å². The van der Waals surface area contributed by atoms with Crippen LogP contribution in [0.3, 0.4) is 0 Å². The van der Waals surface area contributed by atoms with Gasteiger partial charge in [0.25, 0.3) is 0 Å². The largest absolute Gasteiger partial charge is 0.355 e. The van der Waals surface area contributed by atoms with Gasteiger partial charge in [-0.3, -0.25) is 0 Å². The van der Waals surface area contributed by atoms with Gasteiger partial charge in [-0.25, -0.2) is 15.0 Å². The predicted molar refractivity (Wildman–Crippen MR) is 102 cm³/mol. The molecule has 2 fully saturated rings. The highest BCUT2D eigenvalue weighted by molar-refractivity contribution is 5.82. The molecule has 2 aromatic heterocycles. The van der Waals surface area contributed by atoms with E-state index in [1.165, 1.54) is 18.4 Å². The number of benzene rings is 1. The zero-order chi connectivity index (χ0) is 17.4. The fraction of sp³-hybridized carbons (Fsp3) is 0.450. The monoisotopic (exact) mass is 348 g/mol. The van der Waals surface area contributed by atoms with E-state index in [-0.39, 0.29) is 5.54 Å². The summed E-state index contributed by atoms with van der Waals surface area (Å²) in [6.07, 6.45) is 8.07. The Morgan fingerprint density at radius 2 is 1.88 bits per heavy atom. The summed E-state index contributed by atoms with van der Waals surface area (Å²) in [5.41, 5.74) is 3.44. The number of hydrogen-bond donors (Lipinski definition) is 2. The summed E-state index contributed by atoms with van der Waals surface area (Å²) in [7, 11) is 0. The highest BCUT2D eigenvalue weighted by atomic mass is 15.2. The number of imidazole rings is 1. The number of anilines is 1. The number of hydrogen-bond acceptors (Lipinski definition) is 5. The number of H-pyrrole nitrogens is 1. The summed E-state index contributed by atoms with van der Waals surface area (Å²) in [6, 6.07) is 11.0. The zero-order valence-corrected chi connectivity index (χ0v) is 14.9. The van der Waals surface area contributed by atoms with Crippen LogP contribution >= 0.6 is 0 Å². The van der Waals surface area contributed by atoms with Gasteiger partial charge in [0, 0.05) is 18.6 Å². The van der Waals surface area contributed by atoms with E-state index < -0.39 is 0 Å². The first kappa shape index (κ1) is 15.8. The zero-order valence-electron chi connectivity index (χ0n) is 14.9. The minimum absolute atomic E-state index is 0.259. The first-order valence-electron chi connectivity index (χ1n) is 9.52. The molecule has 1 aromatic carbocycles. The Morgan fingerprint density at radius 3 is 2.73 bits per heavy atom. The molecule has 1 unspecified atom stereocenters. The van der Waals surface area contributed by atoms with Crippen LogP contribution in [0.5, 0.6) is 0 Å². The maximum absolute atomic E-state index is 4.52. The second-order valence-corrected chi connectivity index (χ2v) is 7.59. The fourth-order valence-corrected chi connectivity index (χ4v) is 4.69. The number of nitrogens with zero attached hydrogens (tertiary/aromatic N) is 4. The first-order chi connectivity index (χ1) is 12.8. The van der Waals surface area contributed by atoms with Gasteiger partial charge in [0.1, 0.15) is 11.8 Å². The van der Waals surface area contributed by atoms with Crippen molar-refractivity contribution in [3.63, 3.8) is 0 Å². The van der Waals surface area contributed by atoms with Crippen LogP contribution in [0.4, 0.5) is 5.82 Å². The number of fused-ring (bicyclic) bond motifs is 1. The summed E-state index contributed by atoms with van der Waals surface area (Å²) in [4.78, 5) is 18.6. The van der Waals surface area contributed by atoms with Crippen LogP contribution in [0.25, 0.3) is 11.2 Å². The molecule has 2 aliphatic heterocycles. The van der Waals surface area contributed by atoms with Gasteiger partial charge in [-0.2, -0.15) is 0 Å². The van der Waals surface area contributed by atoms with Gasteiger partial charge in [0.15, 0.2) is 11.5 Å². The van der Waals surface area contributed by atoms with E-state index in [1.807, 2.05) is 0 Å². The van der Waals surface area contributed by atoms with Crippen molar-refractivity contribution < 1.29 is 0 Å². The molecule has 26 heavy (non-hydrogen) atoms. The molecule has 0 bridgehead atoms. The standard InChI is InChI=1S/C20H24N6/c1-2-4-15(5-3-1)16-6-9-25-20(12-16)7-10-26(11-8-20)19-17-18(22-13-21-17)23-14-24-19/h1-5,13-14,16,25H,6-12H2,(H,21,22,23,24). The summed E-state index contributed by atoms with van der Waals surface area (Å²) in [5.74, 6) is 1.65. The molecule has 0 saturated carbocycles. The lowest BCUT2D eigenvalue weighted by molar-refractivity contribution is 0.188. The highest BCUT2D eigenvalue weighted by Gasteiger charge is 2.39. The molecule has 6 heteroatoms. The number of piperidine rings is 2. The highest BCUT2D eigenvalue weighted by Crippen LogP contribution is 2.39. The fourth-order valence-electron chi connectivity index (χ4n) is 4.69. The molecule has 5 rings (SSSR count). The van der Waals surface area contributed by atoms with Crippen molar-refractivity contribution in [1.29, 1.82) is 0 Å². The van der Waals surface area contributed by atoms with Crippen LogP contribution in [0, 0.1) is 0 Å². The molecule has 3 aromatic rings. The SMILES string of the molecule is c1ccc(C2CCNC3(CCN(c4ncnc5nc[nH]c45)CC3)C2)cc1. The Balaban J connectivity index is 1.32. The average Bonchev–Trinajstić information content (AvgIpc) is 3.18. The normalized spacial score (nSPS) is 22.8. The van der Waals surface area contributed by atoms with Gasteiger partial charge in [0.2, 0.25) is 0 Å². The third kappa shape index (κ3) is 2.74. The topological polar surface area (TPSA) is 69.7 Å². The second-order valence-electron chi connectivity index (χ2n) is 7.59. The molecular formula is C20H24N6. The predicted octanol–water partition coefficient (Wildman–Crippen LogP) is 2.86. The van der Waals surface area contributed by atoms with Crippen molar-refractivity contribution in [3.05, 3.63) is 48.5 Å². The van der Waals surface area contributed by atoms with Gasteiger partial charge < -0.3 is 15.2 Å². The summed E-state index contributed by atoms with van der Waals surface area (Å²) >= 11 is 0.